The maximum atomic E-state index is 10.9. The number of β-lactam (4-membered cyclic amide) rings is 1. The van der Waals surface area contributed by atoms with Crippen LogP contribution in [-0.4, -0.2) is 19.1 Å². The molecule has 4 heteroatoms. The summed E-state index contributed by atoms with van der Waals surface area (Å²) in [6, 6.07) is 5.93. The van der Waals surface area contributed by atoms with Crippen LogP contribution in [0.15, 0.2) is 18.2 Å². The summed E-state index contributed by atoms with van der Waals surface area (Å²) in [6.45, 7) is 5.09. The van der Waals surface area contributed by atoms with Gasteiger partial charge in [-0.2, -0.15) is 0 Å². The van der Waals surface area contributed by atoms with Crippen LogP contribution in [-0.2, 0) is 4.79 Å². The van der Waals surface area contributed by atoms with Crippen molar-refractivity contribution in [1.29, 1.82) is 0 Å². The Kier molecular flexibility index (Phi) is 3.52. The SMILES string of the molecule is CCOc1ccc(C2CC(=O)N2)cc1OCC. The third-order valence-corrected chi connectivity index (χ3v) is 2.69. The summed E-state index contributed by atoms with van der Waals surface area (Å²) in [7, 11) is 0. The lowest BCUT2D eigenvalue weighted by Gasteiger charge is -2.27. The third kappa shape index (κ3) is 2.52. The largest absolute Gasteiger partial charge is 0.490 e. The highest BCUT2D eigenvalue weighted by atomic mass is 16.5. The first kappa shape index (κ1) is 11.8. The van der Waals surface area contributed by atoms with Gasteiger partial charge in [-0.3, -0.25) is 4.79 Å². The van der Waals surface area contributed by atoms with E-state index in [1.165, 1.54) is 0 Å². The normalized spacial score (nSPS) is 18.2. The van der Waals surface area contributed by atoms with Gasteiger partial charge in [0.05, 0.1) is 25.7 Å². The molecule has 0 aliphatic carbocycles. The molecule has 2 rings (SSSR count). The van der Waals surface area contributed by atoms with Crippen LogP contribution in [0.25, 0.3) is 0 Å². The number of carbonyl (C=O) groups excluding carboxylic acids is 1. The van der Waals surface area contributed by atoms with Crippen molar-refractivity contribution in [3.05, 3.63) is 23.8 Å². The Morgan fingerprint density at radius 2 is 1.88 bits per heavy atom. The van der Waals surface area contributed by atoms with Gasteiger partial charge in [0, 0.05) is 0 Å². The summed E-state index contributed by atoms with van der Waals surface area (Å²) in [5, 5.41) is 2.84. The van der Waals surface area contributed by atoms with Gasteiger partial charge >= 0.3 is 0 Å². The standard InChI is InChI=1S/C13H17NO3/c1-3-16-11-6-5-9(7-12(11)17-4-2)10-8-13(15)14-10/h5-7,10H,3-4,8H2,1-2H3,(H,14,15). The fraction of sp³-hybridized carbons (Fsp3) is 0.462. The topological polar surface area (TPSA) is 47.6 Å². The van der Waals surface area contributed by atoms with Crippen molar-refractivity contribution in [3.63, 3.8) is 0 Å². The summed E-state index contributed by atoms with van der Waals surface area (Å²) in [5.74, 6) is 1.60. The molecule has 0 bridgehead atoms. The Bertz CT molecular complexity index is 409. The third-order valence-electron chi connectivity index (χ3n) is 2.69. The first-order valence-corrected chi connectivity index (χ1v) is 5.93. The van der Waals surface area contributed by atoms with Crippen LogP contribution in [0.3, 0.4) is 0 Å². The lowest BCUT2D eigenvalue weighted by atomic mass is 9.97. The summed E-state index contributed by atoms with van der Waals surface area (Å²) in [4.78, 5) is 10.9. The highest BCUT2D eigenvalue weighted by molar-refractivity contribution is 5.83. The zero-order chi connectivity index (χ0) is 12.3. The van der Waals surface area contributed by atoms with Crippen molar-refractivity contribution >= 4 is 5.91 Å². The number of nitrogens with one attached hydrogen (secondary N) is 1. The number of carbonyl (C=O) groups is 1. The molecule has 0 aromatic heterocycles. The molecule has 1 saturated heterocycles. The smallest absolute Gasteiger partial charge is 0.222 e. The molecule has 1 amide bonds. The molecule has 1 N–H and O–H groups in total. The highest BCUT2D eigenvalue weighted by Crippen LogP contribution is 2.33. The van der Waals surface area contributed by atoms with Gasteiger partial charge in [-0.1, -0.05) is 6.07 Å². The summed E-state index contributed by atoms with van der Waals surface area (Å²) >= 11 is 0. The van der Waals surface area contributed by atoms with E-state index >= 15 is 0 Å². The number of hydrogen-bond acceptors (Lipinski definition) is 3. The summed E-state index contributed by atoms with van der Waals surface area (Å²) in [6.07, 6.45) is 0.555. The molecule has 0 spiro atoms. The first-order chi connectivity index (χ1) is 8.24. The molecule has 0 radical (unpaired) electrons. The first-order valence-electron chi connectivity index (χ1n) is 5.93. The van der Waals surface area contributed by atoms with E-state index in [0.29, 0.717) is 19.6 Å². The van der Waals surface area contributed by atoms with Crippen molar-refractivity contribution in [2.24, 2.45) is 0 Å². The van der Waals surface area contributed by atoms with E-state index in [0.717, 1.165) is 17.1 Å². The van der Waals surface area contributed by atoms with E-state index in [4.69, 9.17) is 9.47 Å². The Labute approximate surface area is 101 Å². The second-order valence-electron chi connectivity index (χ2n) is 3.90. The van der Waals surface area contributed by atoms with Gasteiger partial charge in [-0.05, 0) is 31.5 Å². The predicted molar refractivity (Wildman–Crippen MR) is 64.3 cm³/mol. The van der Waals surface area contributed by atoms with Gasteiger partial charge in [0.1, 0.15) is 0 Å². The quantitative estimate of drug-likeness (QED) is 0.794. The van der Waals surface area contributed by atoms with Crippen LogP contribution in [0, 0.1) is 0 Å². The van der Waals surface area contributed by atoms with Crippen molar-refractivity contribution < 1.29 is 14.3 Å². The van der Waals surface area contributed by atoms with Crippen LogP contribution in [0.4, 0.5) is 0 Å². The number of rotatable bonds is 5. The minimum absolute atomic E-state index is 0.0989. The van der Waals surface area contributed by atoms with Crippen LogP contribution in [0.2, 0.25) is 0 Å². The molecular weight excluding hydrogens is 218 g/mol. The molecular formula is C13H17NO3. The van der Waals surface area contributed by atoms with Crippen molar-refractivity contribution in [3.8, 4) is 11.5 Å². The van der Waals surface area contributed by atoms with Crippen LogP contribution in [0.5, 0.6) is 11.5 Å². The average Bonchev–Trinajstić information content (AvgIpc) is 2.28. The molecule has 92 valence electrons. The highest BCUT2D eigenvalue weighted by Gasteiger charge is 2.27. The van der Waals surface area contributed by atoms with E-state index in [1.54, 1.807) is 0 Å². The van der Waals surface area contributed by atoms with Crippen molar-refractivity contribution in [2.75, 3.05) is 13.2 Å². The monoisotopic (exact) mass is 235 g/mol. The molecule has 0 saturated carbocycles. The molecule has 1 unspecified atom stereocenters. The van der Waals surface area contributed by atoms with E-state index in [1.807, 2.05) is 32.0 Å². The van der Waals surface area contributed by atoms with E-state index < -0.39 is 0 Å². The second-order valence-corrected chi connectivity index (χ2v) is 3.90. The molecule has 1 fully saturated rings. The molecule has 1 aromatic carbocycles. The molecule has 1 aliphatic heterocycles. The number of hydrogen-bond donors (Lipinski definition) is 1. The average molecular weight is 235 g/mol. The van der Waals surface area contributed by atoms with Gasteiger partial charge in [0.15, 0.2) is 11.5 Å². The van der Waals surface area contributed by atoms with Gasteiger partial charge in [-0.15, -0.1) is 0 Å². The Morgan fingerprint density at radius 3 is 2.47 bits per heavy atom. The summed E-state index contributed by atoms with van der Waals surface area (Å²) in [5.41, 5.74) is 1.07. The second kappa shape index (κ2) is 5.08. The Hall–Kier alpha value is -1.71. The van der Waals surface area contributed by atoms with E-state index in [9.17, 15) is 4.79 Å². The minimum Gasteiger partial charge on any atom is -0.490 e. The van der Waals surface area contributed by atoms with Gasteiger partial charge in [0.25, 0.3) is 0 Å². The van der Waals surface area contributed by atoms with Crippen molar-refractivity contribution in [1.82, 2.24) is 5.32 Å². The molecule has 1 aliphatic rings. The molecule has 1 aromatic rings. The Morgan fingerprint density at radius 1 is 1.24 bits per heavy atom. The van der Waals surface area contributed by atoms with Crippen molar-refractivity contribution in [2.45, 2.75) is 26.3 Å². The van der Waals surface area contributed by atoms with Crippen LogP contribution >= 0.6 is 0 Å². The Balaban J connectivity index is 2.18. The zero-order valence-electron chi connectivity index (χ0n) is 10.2. The number of amides is 1. The van der Waals surface area contributed by atoms with E-state index in [2.05, 4.69) is 5.32 Å². The maximum Gasteiger partial charge on any atom is 0.222 e. The molecule has 1 heterocycles. The predicted octanol–water partition coefficient (Wildman–Crippen LogP) is 2.04. The lowest BCUT2D eigenvalue weighted by molar-refractivity contribution is -0.128. The van der Waals surface area contributed by atoms with Crippen LogP contribution < -0.4 is 14.8 Å². The fourth-order valence-corrected chi connectivity index (χ4v) is 1.84. The van der Waals surface area contributed by atoms with Gasteiger partial charge < -0.3 is 14.8 Å². The van der Waals surface area contributed by atoms with E-state index in [-0.39, 0.29) is 11.9 Å². The number of benzene rings is 1. The van der Waals surface area contributed by atoms with Crippen LogP contribution in [0.1, 0.15) is 31.9 Å². The summed E-state index contributed by atoms with van der Waals surface area (Å²) < 4.78 is 11.0. The molecule has 17 heavy (non-hydrogen) atoms. The van der Waals surface area contributed by atoms with Gasteiger partial charge in [-0.25, -0.2) is 0 Å². The minimum atomic E-state index is 0.0989. The lowest BCUT2D eigenvalue weighted by Crippen LogP contribution is -2.41. The molecule has 1 atom stereocenters. The molecule has 4 nitrogen and oxygen atoms in total. The fourth-order valence-electron chi connectivity index (χ4n) is 1.84. The zero-order valence-corrected chi connectivity index (χ0v) is 10.2. The maximum absolute atomic E-state index is 10.9. The van der Waals surface area contributed by atoms with Gasteiger partial charge in [0.2, 0.25) is 5.91 Å². The number of ether oxygens (including phenoxy) is 2.